The monoisotopic (exact) mass is 503 g/mol. The lowest BCUT2D eigenvalue weighted by Crippen LogP contribution is -2.54. The number of ether oxygens (including phenoxy) is 2. The normalized spacial score (nSPS) is 19.8. The smallest absolute Gasteiger partial charge is 0.318 e. The van der Waals surface area contributed by atoms with Gasteiger partial charge in [-0.2, -0.15) is 0 Å². The number of halogens is 1. The quantitative estimate of drug-likeness (QED) is 0.609. The summed E-state index contributed by atoms with van der Waals surface area (Å²) in [7, 11) is 0. The number of carbonyl (C=O) groups is 2. The summed E-state index contributed by atoms with van der Waals surface area (Å²) >= 11 is 1.67. The van der Waals surface area contributed by atoms with E-state index in [0.29, 0.717) is 25.4 Å². The van der Waals surface area contributed by atoms with E-state index in [1.807, 2.05) is 32.2 Å². The number of nitrogens with zero attached hydrogens (tertiary/aromatic N) is 2. The first kappa shape index (κ1) is 25.4. The lowest BCUT2D eigenvalue weighted by atomic mass is 10.0. The van der Waals surface area contributed by atoms with E-state index in [2.05, 4.69) is 5.32 Å². The molecule has 1 aromatic heterocycles. The van der Waals surface area contributed by atoms with Crippen molar-refractivity contribution in [3.05, 3.63) is 52.0 Å². The Morgan fingerprint density at radius 1 is 1.31 bits per heavy atom. The number of fused-ring (bicyclic) bond motifs is 1. The van der Waals surface area contributed by atoms with E-state index in [1.165, 1.54) is 17.0 Å². The Balaban J connectivity index is 1.50. The van der Waals surface area contributed by atoms with Crippen LogP contribution in [0.3, 0.4) is 0 Å². The molecule has 3 heterocycles. The second kappa shape index (κ2) is 11.0. The number of amides is 3. The van der Waals surface area contributed by atoms with Crippen molar-refractivity contribution in [3.63, 3.8) is 0 Å². The number of urea groups is 1. The van der Waals surface area contributed by atoms with Crippen molar-refractivity contribution in [1.82, 2.24) is 15.1 Å². The van der Waals surface area contributed by atoms with E-state index in [0.717, 1.165) is 24.8 Å². The first-order valence-corrected chi connectivity index (χ1v) is 13.0. The number of rotatable bonds is 7. The van der Waals surface area contributed by atoms with Gasteiger partial charge in [-0.3, -0.25) is 4.79 Å². The molecule has 2 aliphatic heterocycles. The van der Waals surface area contributed by atoms with Crippen LogP contribution in [0, 0.1) is 5.82 Å². The van der Waals surface area contributed by atoms with Gasteiger partial charge in [-0.1, -0.05) is 6.07 Å². The van der Waals surface area contributed by atoms with Crippen LogP contribution in [0.5, 0.6) is 5.75 Å². The number of benzene rings is 1. The number of thiophene rings is 1. The predicted molar refractivity (Wildman–Crippen MR) is 133 cm³/mol. The molecule has 0 saturated carbocycles. The van der Waals surface area contributed by atoms with Crippen molar-refractivity contribution in [3.8, 4) is 5.75 Å². The average Bonchev–Trinajstić information content (AvgIpc) is 3.47. The van der Waals surface area contributed by atoms with E-state index < -0.39 is 5.54 Å². The SMILES string of the molecule is CC(C)(C)NC(=O)N(CC(=O)N1CCc2sccc2[C@H]1COc1cccc(F)c1)C[C@H]1CCCO1. The summed E-state index contributed by atoms with van der Waals surface area (Å²) in [6.07, 6.45) is 2.53. The molecule has 0 spiro atoms. The maximum atomic E-state index is 13.6. The molecule has 0 radical (unpaired) electrons. The number of hydrogen-bond donors (Lipinski definition) is 1. The molecule has 1 aromatic carbocycles. The van der Waals surface area contributed by atoms with E-state index in [1.54, 1.807) is 33.3 Å². The van der Waals surface area contributed by atoms with Gasteiger partial charge in [0.1, 0.15) is 24.7 Å². The van der Waals surface area contributed by atoms with Gasteiger partial charge in [0.05, 0.1) is 12.1 Å². The van der Waals surface area contributed by atoms with Crippen molar-refractivity contribution in [1.29, 1.82) is 0 Å². The van der Waals surface area contributed by atoms with Crippen LogP contribution in [-0.4, -0.2) is 66.2 Å². The Morgan fingerprint density at radius 2 is 2.14 bits per heavy atom. The van der Waals surface area contributed by atoms with Gasteiger partial charge in [-0.05, 0) is 69.2 Å². The van der Waals surface area contributed by atoms with Gasteiger partial charge in [0, 0.05) is 36.2 Å². The Labute approximate surface area is 210 Å². The highest BCUT2D eigenvalue weighted by Crippen LogP contribution is 2.34. The van der Waals surface area contributed by atoms with Gasteiger partial charge in [0.25, 0.3) is 0 Å². The lowest BCUT2D eigenvalue weighted by Gasteiger charge is -2.37. The number of hydrogen-bond acceptors (Lipinski definition) is 5. The summed E-state index contributed by atoms with van der Waals surface area (Å²) in [5.74, 6) is -0.0917. The Hall–Kier alpha value is -2.65. The lowest BCUT2D eigenvalue weighted by molar-refractivity contribution is -0.135. The maximum Gasteiger partial charge on any atom is 0.318 e. The summed E-state index contributed by atoms with van der Waals surface area (Å²) in [4.78, 5) is 31.3. The molecule has 1 N–H and O–H groups in total. The first-order chi connectivity index (χ1) is 16.7. The van der Waals surface area contributed by atoms with Gasteiger partial charge >= 0.3 is 6.03 Å². The van der Waals surface area contributed by atoms with E-state index in [4.69, 9.17) is 9.47 Å². The van der Waals surface area contributed by atoms with Crippen LogP contribution in [0.15, 0.2) is 35.7 Å². The van der Waals surface area contributed by atoms with Crippen LogP contribution in [0.25, 0.3) is 0 Å². The third-order valence-electron chi connectivity index (χ3n) is 6.16. The molecular formula is C26H34FN3O4S. The molecule has 1 saturated heterocycles. The number of carbonyl (C=O) groups excluding carboxylic acids is 2. The summed E-state index contributed by atoms with van der Waals surface area (Å²) in [6.45, 7) is 7.50. The zero-order chi connectivity index (χ0) is 25.0. The molecule has 2 atom stereocenters. The van der Waals surface area contributed by atoms with Crippen molar-refractivity contribution < 1.29 is 23.5 Å². The van der Waals surface area contributed by atoms with E-state index >= 15 is 0 Å². The number of nitrogens with one attached hydrogen (secondary N) is 1. The molecule has 0 unspecified atom stereocenters. The van der Waals surface area contributed by atoms with Crippen LogP contribution < -0.4 is 10.1 Å². The first-order valence-electron chi connectivity index (χ1n) is 12.1. The molecule has 35 heavy (non-hydrogen) atoms. The zero-order valence-electron chi connectivity index (χ0n) is 20.6. The van der Waals surface area contributed by atoms with Crippen LogP contribution in [0.4, 0.5) is 9.18 Å². The Bertz CT molecular complexity index is 1030. The van der Waals surface area contributed by atoms with Gasteiger partial charge in [-0.25, -0.2) is 9.18 Å². The van der Waals surface area contributed by atoms with Crippen LogP contribution in [0.2, 0.25) is 0 Å². The van der Waals surface area contributed by atoms with Crippen molar-refractivity contribution in [2.45, 2.75) is 57.7 Å². The molecular weight excluding hydrogens is 469 g/mol. The summed E-state index contributed by atoms with van der Waals surface area (Å²) < 4.78 is 25.3. The van der Waals surface area contributed by atoms with Crippen molar-refractivity contribution >= 4 is 23.3 Å². The standard InChI is InChI=1S/C26H34FN3O4S/c1-26(2,3)28-25(32)29(15-20-8-5-12-33-20)16-24(31)30-11-9-23-21(10-13-35-23)22(30)17-34-19-7-4-6-18(27)14-19/h4,6-7,10,13-14,20,22H,5,8-9,11-12,15-17H2,1-3H3,(H,28,32)/t20-,22-/m1/s1. The fourth-order valence-corrected chi connectivity index (χ4v) is 5.44. The Morgan fingerprint density at radius 3 is 2.86 bits per heavy atom. The topological polar surface area (TPSA) is 71.1 Å². The fraction of sp³-hybridized carbons (Fsp3) is 0.538. The average molecular weight is 504 g/mol. The van der Waals surface area contributed by atoms with E-state index in [9.17, 15) is 14.0 Å². The highest BCUT2D eigenvalue weighted by atomic mass is 32.1. The van der Waals surface area contributed by atoms with Gasteiger partial charge in [-0.15, -0.1) is 11.3 Å². The zero-order valence-corrected chi connectivity index (χ0v) is 21.4. The second-order valence-electron chi connectivity index (χ2n) is 10.1. The molecule has 7 nitrogen and oxygen atoms in total. The second-order valence-corrected chi connectivity index (χ2v) is 11.1. The van der Waals surface area contributed by atoms with Crippen LogP contribution >= 0.6 is 11.3 Å². The molecule has 4 rings (SSSR count). The molecule has 3 amide bonds. The molecule has 0 bridgehead atoms. The van der Waals surface area contributed by atoms with Crippen molar-refractivity contribution in [2.75, 3.05) is 32.8 Å². The summed E-state index contributed by atoms with van der Waals surface area (Å²) in [5.41, 5.74) is 0.628. The van der Waals surface area contributed by atoms with Crippen molar-refractivity contribution in [2.24, 2.45) is 0 Å². The highest BCUT2D eigenvalue weighted by molar-refractivity contribution is 7.10. The molecule has 2 aliphatic rings. The molecule has 1 fully saturated rings. The molecule has 2 aromatic rings. The summed E-state index contributed by atoms with van der Waals surface area (Å²) in [5, 5.41) is 5.00. The minimum Gasteiger partial charge on any atom is -0.491 e. The molecule has 9 heteroatoms. The third kappa shape index (κ3) is 6.73. The third-order valence-corrected chi connectivity index (χ3v) is 7.16. The van der Waals surface area contributed by atoms with Gasteiger partial charge < -0.3 is 24.6 Å². The van der Waals surface area contributed by atoms with Gasteiger partial charge in [0.2, 0.25) is 5.91 Å². The maximum absolute atomic E-state index is 13.6. The highest BCUT2D eigenvalue weighted by Gasteiger charge is 2.34. The minimum absolute atomic E-state index is 0.0439. The van der Waals surface area contributed by atoms with E-state index in [-0.39, 0.29) is 43.1 Å². The molecule has 190 valence electrons. The Kier molecular flexibility index (Phi) is 7.96. The summed E-state index contributed by atoms with van der Waals surface area (Å²) in [6, 6.07) is 7.44. The largest absolute Gasteiger partial charge is 0.491 e. The molecule has 0 aliphatic carbocycles. The van der Waals surface area contributed by atoms with Crippen LogP contribution in [0.1, 0.15) is 50.1 Å². The van der Waals surface area contributed by atoms with Crippen LogP contribution in [-0.2, 0) is 16.0 Å². The predicted octanol–water partition coefficient (Wildman–Crippen LogP) is 4.38. The minimum atomic E-state index is -0.424. The fourth-order valence-electron chi connectivity index (χ4n) is 4.51. The van der Waals surface area contributed by atoms with Gasteiger partial charge in [0.15, 0.2) is 0 Å².